The van der Waals surface area contributed by atoms with Crippen molar-refractivity contribution >= 4 is 34.1 Å². The summed E-state index contributed by atoms with van der Waals surface area (Å²) in [5.41, 5.74) is 6.63. The molecular formula is C12H12N2O2S. The van der Waals surface area contributed by atoms with E-state index in [2.05, 4.69) is 0 Å². The van der Waals surface area contributed by atoms with E-state index in [4.69, 9.17) is 22.4 Å². The minimum absolute atomic E-state index is 0.150. The molecule has 0 saturated carbocycles. The number of hydrogen-bond acceptors (Lipinski definition) is 3. The Hall–Kier alpha value is -1.88. The molecule has 0 radical (unpaired) electrons. The van der Waals surface area contributed by atoms with Crippen molar-refractivity contribution < 1.29 is 9.21 Å². The SMILES string of the molecule is CN(CC(N)=S)C(=O)c1coc2ccccc12. The van der Waals surface area contributed by atoms with Crippen LogP contribution in [0.4, 0.5) is 0 Å². The summed E-state index contributed by atoms with van der Waals surface area (Å²) in [5, 5.41) is 0.798. The van der Waals surface area contributed by atoms with Crippen LogP contribution >= 0.6 is 12.2 Å². The maximum atomic E-state index is 12.1. The van der Waals surface area contributed by atoms with Crippen LogP contribution in [0.3, 0.4) is 0 Å². The van der Waals surface area contributed by atoms with E-state index in [1.54, 1.807) is 7.05 Å². The van der Waals surface area contributed by atoms with Crippen LogP contribution in [0.5, 0.6) is 0 Å². The molecule has 0 spiro atoms. The molecule has 2 aromatic rings. The van der Waals surface area contributed by atoms with E-state index in [1.807, 2.05) is 24.3 Å². The van der Waals surface area contributed by atoms with E-state index in [9.17, 15) is 4.79 Å². The summed E-state index contributed by atoms with van der Waals surface area (Å²) in [5.74, 6) is -0.150. The number of thiocarbonyl (C=S) groups is 1. The number of carbonyl (C=O) groups is 1. The summed E-state index contributed by atoms with van der Waals surface area (Å²) in [6, 6.07) is 7.39. The number of amides is 1. The first-order valence-electron chi connectivity index (χ1n) is 5.09. The van der Waals surface area contributed by atoms with Gasteiger partial charge in [-0.25, -0.2) is 0 Å². The molecule has 2 rings (SSSR count). The number of rotatable bonds is 3. The Bertz CT molecular complexity index is 577. The van der Waals surface area contributed by atoms with Crippen molar-refractivity contribution in [3.05, 3.63) is 36.1 Å². The number of fused-ring (bicyclic) bond motifs is 1. The molecule has 0 fully saturated rings. The largest absolute Gasteiger partial charge is 0.463 e. The average molecular weight is 248 g/mol. The van der Waals surface area contributed by atoms with Crippen molar-refractivity contribution in [3.63, 3.8) is 0 Å². The third-order valence-electron chi connectivity index (χ3n) is 2.45. The zero-order chi connectivity index (χ0) is 12.4. The number of carbonyl (C=O) groups excluding carboxylic acids is 1. The first-order chi connectivity index (χ1) is 8.09. The van der Waals surface area contributed by atoms with Gasteiger partial charge in [0.05, 0.1) is 17.1 Å². The molecule has 1 amide bonds. The maximum absolute atomic E-state index is 12.1. The molecule has 0 unspecified atom stereocenters. The van der Waals surface area contributed by atoms with Crippen molar-refractivity contribution in [2.24, 2.45) is 5.73 Å². The van der Waals surface area contributed by atoms with Gasteiger partial charge in [-0.15, -0.1) is 0 Å². The number of nitrogens with two attached hydrogens (primary N) is 1. The lowest BCUT2D eigenvalue weighted by atomic mass is 10.1. The number of benzene rings is 1. The highest BCUT2D eigenvalue weighted by molar-refractivity contribution is 7.80. The number of nitrogens with zero attached hydrogens (tertiary/aromatic N) is 1. The summed E-state index contributed by atoms with van der Waals surface area (Å²) in [7, 11) is 1.66. The van der Waals surface area contributed by atoms with Gasteiger partial charge in [-0.3, -0.25) is 4.79 Å². The number of para-hydroxylation sites is 1. The first-order valence-corrected chi connectivity index (χ1v) is 5.50. The fourth-order valence-corrected chi connectivity index (χ4v) is 1.85. The zero-order valence-corrected chi connectivity index (χ0v) is 10.2. The van der Waals surface area contributed by atoms with Crippen LogP contribution in [0.2, 0.25) is 0 Å². The fraction of sp³-hybridized carbons (Fsp3) is 0.167. The molecule has 4 nitrogen and oxygen atoms in total. The van der Waals surface area contributed by atoms with Gasteiger partial charge in [0.15, 0.2) is 0 Å². The van der Waals surface area contributed by atoms with Crippen molar-refractivity contribution in [1.82, 2.24) is 4.90 Å². The van der Waals surface area contributed by atoms with Crippen LogP contribution in [-0.4, -0.2) is 29.4 Å². The molecule has 0 aliphatic rings. The third-order valence-corrected chi connectivity index (χ3v) is 2.58. The smallest absolute Gasteiger partial charge is 0.257 e. The second kappa shape index (κ2) is 4.55. The van der Waals surface area contributed by atoms with Crippen molar-refractivity contribution in [3.8, 4) is 0 Å². The Kier molecular flexibility index (Phi) is 3.10. The van der Waals surface area contributed by atoms with Crippen LogP contribution in [-0.2, 0) is 0 Å². The second-order valence-electron chi connectivity index (χ2n) is 3.77. The molecule has 1 aromatic carbocycles. The van der Waals surface area contributed by atoms with Crippen LogP contribution in [0.15, 0.2) is 34.9 Å². The van der Waals surface area contributed by atoms with Gasteiger partial charge < -0.3 is 15.1 Å². The minimum Gasteiger partial charge on any atom is -0.463 e. The number of furan rings is 1. The molecule has 1 heterocycles. The van der Waals surface area contributed by atoms with Crippen LogP contribution in [0.1, 0.15) is 10.4 Å². The Labute approximate surface area is 104 Å². The van der Waals surface area contributed by atoms with E-state index >= 15 is 0 Å². The van der Waals surface area contributed by atoms with Crippen molar-refractivity contribution in [2.75, 3.05) is 13.6 Å². The molecular weight excluding hydrogens is 236 g/mol. The third kappa shape index (κ3) is 2.29. The highest BCUT2D eigenvalue weighted by Gasteiger charge is 2.17. The molecule has 88 valence electrons. The van der Waals surface area contributed by atoms with Crippen molar-refractivity contribution in [2.45, 2.75) is 0 Å². The molecule has 2 N–H and O–H groups in total. The molecule has 1 aromatic heterocycles. The first kappa shape index (κ1) is 11.6. The van der Waals surface area contributed by atoms with Crippen molar-refractivity contribution in [1.29, 1.82) is 0 Å². The topological polar surface area (TPSA) is 59.5 Å². The van der Waals surface area contributed by atoms with E-state index in [0.29, 0.717) is 11.1 Å². The highest BCUT2D eigenvalue weighted by Crippen LogP contribution is 2.21. The van der Waals surface area contributed by atoms with E-state index in [0.717, 1.165) is 5.39 Å². The van der Waals surface area contributed by atoms with Crippen LogP contribution < -0.4 is 5.73 Å². The van der Waals surface area contributed by atoms with E-state index < -0.39 is 0 Å². The van der Waals surface area contributed by atoms with Gasteiger partial charge in [0.1, 0.15) is 11.8 Å². The molecule has 0 bridgehead atoms. The predicted octanol–water partition coefficient (Wildman–Crippen LogP) is 1.79. The van der Waals surface area contributed by atoms with E-state index in [1.165, 1.54) is 11.2 Å². The Morgan fingerprint density at radius 1 is 1.47 bits per heavy atom. The summed E-state index contributed by atoms with van der Waals surface area (Å²) in [4.78, 5) is 13.9. The number of likely N-dealkylation sites (N-methyl/N-ethyl adjacent to an activating group) is 1. The Balaban J connectivity index is 2.33. The highest BCUT2D eigenvalue weighted by atomic mass is 32.1. The molecule has 0 aliphatic carbocycles. The molecule has 5 heteroatoms. The monoisotopic (exact) mass is 248 g/mol. The second-order valence-corrected chi connectivity index (χ2v) is 4.30. The number of hydrogen-bond donors (Lipinski definition) is 1. The lowest BCUT2D eigenvalue weighted by Crippen LogP contribution is -2.34. The summed E-state index contributed by atoms with van der Waals surface area (Å²) >= 11 is 4.78. The van der Waals surface area contributed by atoms with Gasteiger partial charge in [-0.05, 0) is 6.07 Å². The predicted molar refractivity (Wildman–Crippen MR) is 70.0 cm³/mol. The van der Waals surface area contributed by atoms with Gasteiger partial charge in [-0.2, -0.15) is 0 Å². The minimum atomic E-state index is -0.150. The summed E-state index contributed by atoms with van der Waals surface area (Å²) in [6.07, 6.45) is 1.46. The molecule has 17 heavy (non-hydrogen) atoms. The Morgan fingerprint density at radius 2 is 2.18 bits per heavy atom. The molecule has 0 atom stereocenters. The average Bonchev–Trinajstić information content (AvgIpc) is 2.70. The zero-order valence-electron chi connectivity index (χ0n) is 9.34. The lowest BCUT2D eigenvalue weighted by Gasteiger charge is -2.15. The quantitative estimate of drug-likeness (QED) is 0.841. The Morgan fingerprint density at radius 3 is 2.88 bits per heavy atom. The van der Waals surface area contributed by atoms with Gasteiger partial charge in [0, 0.05) is 12.4 Å². The summed E-state index contributed by atoms with van der Waals surface area (Å²) < 4.78 is 5.31. The van der Waals surface area contributed by atoms with Gasteiger partial charge in [0.2, 0.25) is 0 Å². The lowest BCUT2D eigenvalue weighted by molar-refractivity contribution is 0.0816. The molecule has 0 saturated heterocycles. The summed E-state index contributed by atoms with van der Waals surface area (Å²) in [6.45, 7) is 0.258. The van der Waals surface area contributed by atoms with Crippen LogP contribution in [0.25, 0.3) is 11.0 Å². The molecule has 0 aliphatic heterocycles. The fourth-order valence-electron chi connectivity index (χ4n) is 1.65. The maximum Gasteiger partial charge on any atom is 0.257 e. The van der Waals surface area contributed by atoms with Gasteiger partial charge in [-0.1, -0.05) is 30.4 Å². The van der Waals surface area contributed by atoms with E-state index in [-0.39, 0.29) is 17.4 Å². The van der Waals surface area contributed by atoms with Gasteiger partial charge >= 0.3 is 0 Å². The van der Waals surface area contributed by atoms with Gasteiger partial charge in [0.25, 0.3) is 5.91 Å². The normalized spacial score (nSPS) is 10.4. The standard InChI is InChI=1S/C12H12N2O2S/c1-14(6-11(13)17)12(15)9-7-16-10-5-3-2-4-8(9)10/h2-5,7H,6H2,1H3,(H2,13,17). The van der Waals surface area contributed by atoms with Crippen LogP contribution in [0, 0.1) is 0 Å².